The number of hydrogen-bond donors (Lipinski definition) is 1. The lowest BCUT2D eigenvalue weighted by molar-refractivity contribution is -0.253. The van der Waals surface area contributed by atoms with E-state index in [1.165, 1.54) is 18.3 Å². The van der Waals surface area contributed by atoms with Crippen LogP contribution in [0.1, 0.15) is 36.6 Å². The van der Waals surface area contributed by atoms with Crippen molar-refractivity contribution >= 4 is 17.5 Å². The van der Waals surface area contributed by atoms with Crippen molar-refractivity contribution in [3.8, 4) is 5.75 Å². The van der Waals surface area contributed by atoms with Gasteiger partial charge in [0.2, 0.25) is 5.91 Å². The van der Waals surface area contributed by atoms with E-state index in [2.05, 4.69) is 15.0 Å². The van der Waals surface area contributed by atoms with Gasteiger partial charge in [-0.3, -0.25) is 9.78 Å². The summed E-state index contributed by atoms with van der Waals surface area (Å²) in [5.41, 5.74) is 0.270. The molecule has 0 radical (unpaired) electrons. The van der Waals surface area contributed by atoms with Crippen LogP contribution in [0.15, 0.2) is 36.5 Å². The first-order chi connectivity index (χ1) is 13.7. The standard InChI is InChI=1S/C19H16ClF5N2O2/c20-12-4-5-15(26-9-12)16(27-17(28)10-2-1-3-10)11-6-13(21)8-14(7-11)29-19(24,25)18(22)23/h4-10,16,18H,1-3H2,(H,27,28)/t16-/m0/s1. The van der Waals surface area contributed by atoms with Gasteiger partial charge in [0.05, 0.1) is 16.8 Å². The van der Waals surface area contributed by atoms with Crippen LogP contribution in [0.3, 0.4) is 0 Å². The number of nitrogens with one attached hydrogen (secondary N) is 1. The second-order valence-corrected chi connectivity index (χ2v) is 7.09. The molecule has 1 atom stereocenters. The molecule has 0 spiro atoms. The van der Waals surface area contributed by atoms with Crippen LogP contribution < -0.4 is 10.1 Å². The number of carbonyl (C=O) groups excluding carboxylic acids is 1. The zero-order chi connectivity index (χ0) is 21.2. The number of hydrogen-bond acceptors (Lipinski definition) is 3. The van der Waals surface area contributed by atoms with E-state index in [0.29, 0.717) is 23.9 Å². The Balaban J connectivity index is 1.95. The van der Waals surface area contributed by atoms with Crippen molar-refractivity contribution in [3.05, 3.63) is 58.6 Å². The van der Waals surface area contributed by atoms with Gasteiger partial charge in [0.15, 0.2) is 0 Å². The Kier molecular flexibility index (Phi) is 6.26. The molecular weight excluding hydrogens is 419 g/mol. The number of halogens is 6. The fourth-order valence-electron chi connectivity index (χ4n) is 2.83. The molecule has 1 aromatic heterocycles. The summed E-state index contributed by atoms with van der Waals surface area (Å²) in [5, 5.41) is 3.03. The molecule has 1 heterocycles. The van der Waals surface area contributed by atoms with Crippen molar-refractivity contribution in [1.82, 2.24) is 10.3 Å². The summed E-state index contributed by atoms with van der Waals surface area (Å²) in [6.45, 7) is 0. The Bertz CT molecular complexity index is 875. The zero-order valence-electron chi connectivity index (χ0n) is 14.8. The average molecular weight is 435 g/mol. The van der Waals surface area contributed by atoms with Gasteiger partial charge < -0.3 is 10.1 Å². The maximum atomic E-state index is 14.1. The van der Waals surface area contributed by atoms with Crippen LogP contribution in [0.4, 0.5) is 22.0 Å². The molecule has 1 amide bonds. The number of aromatic nitrogens is 1. The monoisotopic (exact) mass is 434 g/mol. The molecule has 1 aliphatic carbocycles. The minimum Gasteiger partial charge on any atom is -0.428 e. The predicted octanol–water partition coefficient (Wildman–Crippen LogP) is 5.12. The summed E-state index contributed by atoms with van der Waals surface area (Å²) in [4.78, 5) is 16.5. The summed E-state index contributed by atoms with van der Waals surface area (Å²) >= 11 is 5.82. The molecule has 4 nitrogen and oxygen atoms in total. The van der Waals surface area contributed by atoms with E-state index < -0.39 is 30.1 Å². The van der Waals surface area contributed by atoms with Crippen LogP contribution in [0.5, 0.6) is 5.75 Å². The lowest BCUT2D eigenvalue weighted by atomic mass is 9.84. The number of ether oxygens (including phenoxy) is 1. The van der Waals surface area contributed by atoms with Crippen molar-refractivity contribution in [3.63, 3.8) is 0 Å². The third-order valence-electron chi connectivity index (χ3n) is 4.54. The zero-order valence-corrected chi connectivity index (χ0v) is 15.6. The quantitative estimate of drug-likeness (QED) is 0.616. The molecule has 156 valence electrons. The highest BCUT2D eigenvalue weighted by Crippen LogP contribution is 2.33. The van der Waals surface area contributed by atoms with E-state index >= 15 is 0 Å². The number of carbonyl (C=O) groups is 1. The van der Waals surface area contributed by atoms with Crippen LogP contribution in [0.2, 0.25) is 5.02 Å². The fourth-order valence-corrected chi connectivity index (χ4v) is 2.94. The van der Waals surface area contributed by atoms with Crippen LogP contribution in [-0.4, -0.2) is 23.4 Å². The van der Waals surface area contributed by atoms with Gasteiger partial charge >= 0.3 is 12.5 Å². The van der Waals surface area contributed by atoms with E-state index in [9.17, 15) is 26.7 Å². The Morgan fingerprint density at radius 3 is 2.52 bits per heavy atom. The van der Waals surface area contributed by atoms with Gasteiger partial charge in [-0.15, -0.1) is 0 Å². The summed E-state index contributed by atoms with van der Waals surface area (Å²) in [6.07, 6.45) is -5.28. The molecule has 1 N–H and O–H groups in total. The number of alkyl halides is 4. The second kappa shape index (κ2) is 8.52. The van der Waals surface area contributed by atoms with Crippen LogP contribution >= 0.6 is 11.6 Å². The van der Waals surface area contributed by atoms with Crippen LogP contribution in [0.25, 0.3) is 0 Å². The van der Waals surface area contributed by atoms with Crippen molar-refractivity contribution in [2.75, 3.05) is 0 Å². The summed E-state index contributed by atoms with van der Waals surface area (Å²) in [5.74, 6) is -2.32. The van der Waals surface area contributed by atoms with Gasteiger partial charge in [-0.1, -0.05) is 18.0 Å². The molecule has 0 unspecified atom stereocenters. The highest BCUT2D eigenvalue weighted by molar-refractivity contribution is 6.30. The topological polar surface area (TPSA) is 51.2 Å². The number of amides is 1. The first-order valence-corrected chi connectivity index (χ1v) is 9.11. The largest absolute Gasteiger partial charge is 0.461 e. The maximum Gasteiger partial charge on any atom is 0.461 e. The second-order valence-electron chi connectivity index (χ2n) is 6.66. The molecule has 1 aliphatic rings. The highest BCUT2D eigenvalue weighted by Gasteiger charge is 2.44. The normalized spacial score (nSPS) is 15.7. The number of nitrogens with zero attached hydrogens (tertiary/aromatic N) is 1. The molecule has 0 saturated heterocycles. The SMILES string of the molecule is O=C(N[C@@H](c1cc(F)cc(OC(F)(F)C(F)F)c1)c1ccc(Cl)cn1)C1CCC1. The van der Waals surface area contributed by atoms with Gasteiger partial charge in [0.1, 0.15) is 11.6 Å². The maximum absolute atomic E-state index is 14.1. The van der Waals surface area contributed by atoms with Gasteiger partial charge in [0, 0.05) is 18.2 Å². The van der Waals surface area contributed by atoms with Gasteiger partial charge in [-0.25, -0.2) is 4.39 Å². The summed E-state index contributed by atoms with van der Waals surface area (Å²) in [7, 11) is 0. The lowest BCUT2D eigenvalue weighted by Gasteiger charge is -2.28. The number of benzene rings is 1. The Morgan fingerprint density at radius 2 is 1.97 bits per heavy atom. The van der Waals surface area contributed by atoms with Crippen LogP contribution in [-0.2, 0) is 4.79 Å². The Labute approximate surface area is 168 Å². The van der Waals surface area contributed by atoms with E-state index in [4.69, 9.17) is 11.6 Å². The third kappa shape index (κ3) is 5.14. The fraction of sp³-hybridized carbons (Fsp3) is 0.368. The first kappa shape index (κ1) is 21.3. The summed E-state index contributed by atoms with van der Waals surface area (Å²) < 4.78 is 69.4. The minimum atomic E-state index is -4.80. The van der Waals surface area contributed by atoms with Gasteiger partial charge in [0.25, 0.3) is 0 Å². The van der Waals surface area contributed by atoms with Crippen molar-refractivity contribution in [1.29, 1.82) is 0 Å². The molecule has 1 saturated carbocycles. The molecule has 10 heteroatoms. The Hall–Kier alpha value is -2.42. The third-order valence-corrected chi connectivity index (χ3v) is 4.77. The van der Waals surface area contributed by atoms with E-state index in [1.807, 2.05) is 0 Å². The molecule has 0 bridgehead atoms. The molecule has 1 fully saturated rings. The van der Waals surface area contributed by atoms with Crippen LogP contribution in [0, 0.1) is 11.7 Å². The van der Waals surface area contributed by atoms with Gasteiger partial charge in [-0.05, 0) is 42.7 Å². The van der Waals surface area contributed by atoms with E-state index in [-0.39, 0.29) is 23.1 Å². The molecule has 3 rings (SSSR count). The van der Waals surface area contributed by atoms with Crippen molar-refractivity contribution in [2.45, 2.75) is 37.8 Å². The molecule has 2 aromatic rings. The molecule has 0 aliphatic heterocycles. The molecule has 1 aromatic carbocycles. The first-order valence-electron chi connectivity index (χ1n) is 8.73. The van der Waals surface area contributed by atoms with Crippen molar-refractivity contribution in [2.24, 2.45) is 5.92 Å². The molecule has 29 heavy (non-hydrogen) atoms. The number of rotatable bonds is 7. The highest BCUT2D eigenvalue weighted by atomic mass is 35.5. The average Bonchev–Trinajstić information content (AvgIpc) is 2.58. The van der Waals surface area contributed by atoms with Crippen molar-refractivity contribution < 1.29 is 31.5 Å². The minimum absolute atomic E-state index is 0.00700. The predicted molar refractivity (Wildman–Crippen MR) is 94.6 cm³/mol. The lowest BCUT2D eigenvalue weighted by Crippen LogP contribution is -2.37. The number of pyridine rings is 1. The smallest absolute Gasteiger partial charge is 0.428 e. The summed E-state index contributed by atoms with van der Waals surface area (Å²) in [6, 6.07) is 4.45. The Morgan fingerprint density at radius 1 is 1.24 bits per heavy atom. The van der Waals surface area contributed by atoms with Gasteiger partial charge in [-0.2, -0.15) is 17.6 Å². The van der Waals surface area contributed by atoms with E-state index in [0.717, 1.165) is 18.6 Å². The molecular formula is C19H16ClF5N2O2. The van der Waals surface area contributed by atoms with E-state index in [1.54, 1.807) is 0 Å².